The Kier molecular flexibility index (Phi) is 5.23. The molecule has 0 aliphatic carbocycles. The van der Waals surface area contributed by atoms with E-state index in [1.807, 2.05) is 11.6 Å². The first kappa shape index (κ1) is 13.6. The van der Waals surface area contributed by atoms with E-state index in [4.69, 9.17) is 0 Å². The molecule has 1 heterocycles. The van der Waals surface area contributed by atoms with Gasteiger partial charge in [-0.2, -0.15) is 0 Å². The van der Waals surface area contributed by atoms with Crippen LogP contribution in [-0.2, 0) is 6.42 Å². The van der Waals surface area contributed by atoms with Gasteiger partial charge >= 0.3 is 0 Å². The highest BCUT2D eigenvalue weighted by Gasteiger charge is 2.12. The van der Waals surface area contributed by atoms with Gasteiger partial charge in [0.25, 0.3) is 0 Å². The second-order valence-corrected chi connectivity index (χ2v) is 5.87. The minimum Gasteiger partial charge on any atom is -0.310 e. The van der Waals surface area contributed by atoms with Gasteiger partial charge in [-0.15, -0.1) is 23.1 Å². The molecule has 1 unspecified atom stereocenters. The van der Waals surface area contributed by atoms with Crippen LogP contribution in [0.15, 0.2) is 40.7 Å². The van der Waals surface area contributed by atoms with Gasteiger partial charge in [0.2, 0.25) is 0 Å². The number of hydrogen-bond donors (Lipinski definition) is 1. The molecule has 0 saturated carbocycles. The van der Waals surface area contributed by atoms with Crippen LogP contribution in [0.25, 0.3) is 0 Å². The summed E-state index contributed by atoms with van der Waals surface area (Å²) in [5.74, 6) is 0. The van der Waals surface area contributed by atoms with E-state index >= 15 is 0 Å². The molecule has 1 aromatic carbocycles. The first-order valence-corrected chi connectivity index (χ1v) is 8.19. The number of nitrogens with one attached hydrogen (secondary N) is 1. The second kappa shape index (κ2) is 6.92. The van der Waals surface area contributed by atoms with Crippen LogP contribution in [0.5, 0.6) is 0 Å². The predicted molar refractivity (Wildman–Crippen MR) is 80.5 cm³/mol. The van der Waals surface area contributed by atoms with Crippen molar-refractivity contribution in [3.05, 3.63) is 46.4 Å². The zero-order valence-electron chi connectivity index (χ0n) is 10.7. The number of likely N-dealkylation sites (N-methyl/N-ethyl adjacent to an activating group) is 1. The summed E-state index contributed by atoms with van der Waals surface area (Å²) in [6, 6.07) is 9.16. The molecule has 0 saturated heterocycles. The van der Waals surface area contributed by atoms with Crippen LogP contribution in [0.3, 0.4) is 0 Å². The van der Waals surface area contributed by atoms with Gasteiger partial charge < -0.3 is 5.32 Å². The molecule has 0 aliphatic rings. The lowest BCUT2D eigenvalue weighted by molar-refractivity contribution is 0.548. The van der Waals surface area contributed by atoms with E-state index in [1.54, 1.807) is 23.1 Å². The highest BCUT2D eigenvalue weighted by atomic mass is 32.2. The largest absolute Gasteiger partial charge is 0.310 e. The molecule has 4 heteroatoms. The van der Waals surface area contributed by atoms with Crippen molar-refractivity contribution in [2.45, 2.75) is 24.3 Å². The lowest BCUT2D eigenvalue weighted by Gasteiger charge is -2.17. The number of aromatic nitrogens is 1. The van der Waals surface area contributed by atoms with Crippen molar-refractivity contribution in [1.29, 1.82) is 0 Å². The van der Waals surface area contributed by atoms with Gasteiger partial charge in [-0.3, -0.25) is 0 Å². The maximum absolute atomic E-state index is 4.37. The van der Waals surface area contributed by atoms with E-state index in [0.717, 1.165) is 13.0 Å². The minimum atomic E-state index is 0.358. The molecule has 96 valence electrons. The van der Waals surface area contributed by atoms with Crippen LogP contribution in [0.4, 0.5) is 0 Å². The van der Waals surface area contributed by atoms with Crippen molar-refractivity contribution in [2.75, 3.05) is 12.8 Å². The summed E-state index contributed by atoms with van der Waals surface area (Å²) in [5.41, 5.74) is 1.34. The Morgan fingerprint density at radius 2 is 2.11 bits per heavy atom. The standard InChI is InChI=1S/C14H18N2S2/c1-3-15-13(10-14-16-8-9-18-14)11-4-6-12(17-2)7-5-11/h4-9,13,15H,3,10H2,1-2H3. The Balaban J connectivity index is 2.12. The molecular weight excluding hydrogens is 260 g/mol. The molecule has 2 rings (SSSR count). The summed E-state index contributed by atoms with van der Waals surface area (Å²) in [6.07, 6.45) is 4.94. The molecule has 2 aromatic rings. The van der Waals surface area contributed by atoms with E-state index < -0.39 is 0 Å². The highest BCUT2D eigenvalue weighted by molar-refractivity contribution is 7.98. The van der Waals surface area contributed by atoms with E-state index in [0.29, 0.717) is 6.04 Å². The Hall–Kier alpha value is -0.840. The average Bonchev–Trinajstić information content (AvgIpc) is 2.91. The summed E-state index contributed by atoms with van der Waals surface area (Å²) in [6.45, 7) is 3.12. The third-order valence-electron chi connectivity index (χ3n) is 2.83. The SMILES string of the molecule is CCNC(Cc1nccs1)c1ccc(SC)cc1. The number of thiazole rings is 1. The average molecular weight is 278 g/mol. The third-order valence-corrected chi connectivity index (χ3v) is 4.38. The molecule has 0 bridgehead atoms. The van der Waals surface area contributed by atoms with Crippen molar-refractivity contribution in [2.24, 2.45) is 0 Å². The van der Waals surface area contributed by atoms with Crippen molar-refractivity contribution in [3.63, 3.8) is 0 Å². The van der Waals surface area contributed by atoms with Gasteiger partial charge in [0, 0.05) is 28.9 Å². The first-order chi connectivity index (χ1) is 8.83. The maximum atomic E-state index is 4.37. The van der Waals surface area contributed by atoms with Crippen molar-refractivity contribution in [1.82, 2.24) is 10.3 Å². The monoisotopic (exact) mass is 278 g/mol. The summed E-state index contributed by atoms with van der Waals surface area (Å²) < 4.78 is 0. The van der Waals surface area contributed by atoms with Crippen LogP contribution in [0.1, 0.15) is 23.5 Å². The van der Waals surface area contributed by atoms with Crippen molar-refractivity contribution in [3.8, 4) is 0 Å². The Bertz CT molecular complexity index is 451. The Morgan fingerprint density at radius 3 is 2.67 bits per heavy atom. The Morgan fingerprint density at radius 1 is 1.33 bits per heavy atom. The highest BCUT2D eigenvalue weighted by Crippen LogP contribution is 2.22. The van der Waals surface area contributed by atoms with Crippen LogP contribution in [0.2, 0.25) is 0 Å². The van der Waals surface area contributed by atoms with Gasteiger partial charge in [-0.25, -0.2) is 4.98 Å². The topological polar surface area (TPSA) is 24.9 Å². The van der Waals surface area contributed by atoms with E-state index in [9.17, 15) is 0 Å². The van der Waals surface area contributed by atoms with E-state index in [-0.39, 0.29) is 0 Å². The molecule has 0 aliphatic heterocycles. The molecule has 1 N–H and O–H groups in total. The number of thioether (sulfide) groups is 1. The Labute approximate surface area is 117 Å². The molecular formula is C14H18N2S2. The van der Waals surface area contributed by atoms with Gasteiger partial charge in [0.05, 0.1) is 5.01 Å². The fourth-order valence-corrected chi connectivity index (χ4v) is 2.99. The van der Waals surface area contributed by atoms with Gasteiger partial charge in [-0.1, -0.05) is 19.1 Å². The molecule has 0 fully saturated rings. The smallest absolute Gasteiger partial charge is 0.0943 e. The van der Waals surface area contributed by atoms with Crippen LogP contribution >= 0.6 is 23.1 Å². The molecule has 18 heavy (non-hydrogen) atoms. The molecule has 1 aromatic heterocycles. The lowest BCUT2D eigenvalue weighted by Crippen LogP contribution is -2.22. The molecule has 0 amide bonds. The van der Waals surface area contributed by atoms with E-state index in [2.05, 4.69) is 47.7 Å². The predicted octanol–water partition coefficient (Wildman–Crippen LogP) is 3.76. The van der Waals surface area contributed by atoms with Gasteiger partial charge in [0.1, 0.15) is 0 Å². The van der Waals surface area contributed by atoms with Crippen molar-refractivity contribution >= 4 is 23.1 Å². The summed E-state index contributed by atoms with van der Waals surface area (Å²) in [4.78, 5) is 5.68. The van der Waals surface area contributed by atoms with Crippen LogP contribution < -0.4 is 5.32 Å². The van der Waals surface area contributed by atoms with Crippen molar-refractivity contribution < 1.29 is 0 Å². The molecule has 1 atom stereocenters. The fraction of sp³-hybridized carbons (Fsp3) is 0.357. The number of hydrogen-bond acceptors (Lipinski definition) is 4. The molecule has 2 nitrogen and oxygen atoms in total. The third kappa shape index (κ3) is 3.57. The summed E-state index contributed by atoms with van der Waals surface area (Å²) >= 11 is 3.50. The number of nitrogens with zero attached hydrogens (tertiary/aromatic N) is 1. The van der Waals surface area contributed by atoms with E-state index in [1.165, 1.54) is 15.5 Å². The van der Waals surface area contributed by atoms with Crippen LogP contribution in [0, 0.1) is 0 Å². The second-order valence-electron chi connectivity index (χ2n) is 4.01. The van der Waals surface area contributed by atoms with Gasteiger partial charge in [0.15, 0.2) is 0 Å². The lowest BCUT2D eigenvalue weighted by atomic mass is 10.0. The normalized spacial score (nSPS) is 12.6. The quantitative estimate of drug-likeness (QED) is 0.814. The minimum absolute atomic E-state index is 0.358. The zero-order valence-corrected chi connectivity index (χ0v) is 12.4. The molecule has 0 spiro atoms. The summed E-state index contributed by atoms with van der Waals surface area (Å²) in [5, 5.41) is 6.76. The first-order valence-electron chi connectivity index (χ1n) is 6.09. The van der Waals surface area contributed by atoms with Crippen LogP contribution in [-0.4, -0.2) is 17.8 Å². The zero-order chi connectivity index (χ0) is 12.8. The maximum Gasteiger partial charge on any atom is 0.0943 e. The fourth-order valence-electron chi connectivity index (χ4n) is 1.92. The summed E-state index contributed by atoms with van der Waals surface area (Å²) in [7, 11) is 0. The van der Waals surface area contributed by atoms with Gasteiger partial charge in [-0.05, 0) is 30.5 Å². The number of rotatable bonds is 6. The number of benzene rings is 1. The molecule has 0 radical (unpaired) electrons.